The number of nitrogens with zero attached hydrogens (tertiary/aromatic N) is 2. The molecule has 0 aliphatic carbocycles. The lowest BCUT2D eigenvalue weighted by molar-refractivity contribution is -0.128. The highest BCUT2D eigenvalue weighted by Crippen LogP contribution is 2.17. The third kappa shape index (κ3) is 5.36. The van der Waals surface area contributed by atoms with Gasteiger partial charge in [-0.05, 0) is 37.8 Å². The Labute approximate surface area is 171 Å². The van der Waals surface area contributed by atoms with Crippen molar-refractivity contribution in [3.63, 3.8) is 0 Å². The molecule has 2 heterocycles. The number of H-pyrrole nitrogens is 1. The van der Waals surface area contributed by atoms with Crippen molar-refractivity contribution in [2.24, 2.45) is 4.99 Å². The molecule has 26 heavy (non-hydrogen) atoms. The zero-order chi connectivity index (χ0) is 17.5. The molecule has 3 rings (SSSR count). The van der Waals surface area contributed by atoms with Gasteiger partial charge in [0.2, 0.25) is 5.91 Å². The number of carbonyl (C=O) groups excluding carboxylic acids is 1. The number of carbonyl (C=O) groups is 1. The Morgan fingerprint density at radius 1 is 1.23 bits per heavy atom. The van der Waals surface area contributed by atoms with Crippen molar-refractivity contribution in [3.8, 4) is 0 Å². The number of halogens is 1. The van der Waals surface area contributed by atoms with Gasteiger partial charge in [0.1, 0.15) is 6.54 Å². The van der Waals surface area contributed by atoms with E-state index in [0.29, 0.717) is 5.96 Å². The maximum absolute atomic E-state index is 12.1. The molecule has 142 valence electrons. The van der Waals surface area contributed by atoms with Gasteiger partial charge < -0.3 is 20.5 Å². The summed E-state index contributed by atoms with van der Waals surface area (Å²) in [6, 6.07) is 8.31. The summed E-state index contributed by atoms with van der Waals surface area (Å²) in [4.78, 5) is 21.8. The van der Waals surface area contributed by atoms with Crippen LogP contribution in [0.5, 0.6) is 0 Å². The number of aromatic nitrogens is 1. The van der Waals surface area contributed by atoms with Crippen LogP contribution in [0.25, 0.3) is 10.9 Å². The number of aliphatic imine (C=N–C) groups is 1. The fraction of sp³-hybridized carbons (Fsp3) is 0.474. The van der Waals surface area contributed by atoms with Crippen LogP contribution in [0, 0.1) is 0 Å². The van der Waals surface area contributed by atoms with E-state index in [1.165, 1.54) is 10.9 Å². The van der Waals surface area contributed by atoms with Crippen molar-refractivity contribution >= 4 is 46.7 Å². The fourth-order valence-corrected chi connectivity index (χ4v) is 3.21. The molecule has 0 bridgehead atoms. The first-order valence-corrected chi connectivity index (χ1v) is 9.13. The molecule has 0 unspecified atom stereocenters. The minimum Gasteiger partial charge on any atom is -0.361 e. The van der Waals surface area contributed by atoms with Crippen LogP contribution in [0.15, 0.2) is 35.5 Å². The predicted octanol–water partition coefficient (Wildman–Crippen LogP) is 2.51. The topological polar surface area (TPSA) is 72.5 Å². The second kappa shape index (κ2) is 10.4. The maximum Gasteiger partial charge on any atom is 0.244 e. The van der Waals surface area contributed by atoms with Crippen molar-refractivity contribution in [1.29, 1.82) is 0 Å². The second-order valence-electron chi connectivity index (χ2n) is 6.32. The normalized spacial score (nSPS) is 14.3. The third-order valence-electron chi connectivity index (χ3n) is 4.54. The first-order valence-electron chi connectivity index (χ1n) is 9.13. The van der Waals surface area contributed by atoms with Gasteiger partial charge >= 0.3 is 0 Å². The molecule has 0 saturated carbocycles. The number of hydrogen-bond donors (Lipinski definition) is 3. The van der Waals surface area contributed by atoms with Gasteiger partial charge in [0, 0.05) is 43.3 Å². The van der Waals surface area contributed by atoms with E-state index in [-0.39, 0.29) is 36.4 Å². The van der Waals surface area contributed by atoms with E-state index in [1.54, 1.807) is 0 Å². The van der Waals surface area contributed by atoms with Crippen LogP contribution in [0.1, 0.15) is 25.3 Å². The molecule has 1 amide bonds. The molecule has 1 aromatic heterocycles. The molecule has 1 aliphatic rings. The number of amides is 1. The van der Waals surface area contributed by atoms with E-state index in [0.717, 1.165) is 51.0 Å². The summed E-state index contributed by atoms with van der Waals surface area (Å²) in [6.45, 7) is 5.53. The summed E-state index contributed by atoms with van der Waals surface area (Å²) in [5, 5.41) is 7.79. The molecule has 0 spiro atoms. The average Bonchev–Trinajstić information content (AvgIpc) is 3.30. The first-order chi connectivity index (χ1) is 12.3. The van der Waals surface area contributed by atoms with Gasteiger partial charge in [0.25, 0.3) is 0 Å². The van der Waals surface area contributed by atoms with E-state index in [4.69, 9.17) is 0 Å². The molecule has 3 N–H and O–H groups in total. The molecule has 7 heteroatoms. The number of aromatic amines is 1. The Bertz CT molecular complexity index is 736. The number of nitrogens with one attached hydrogen (secondary N) is 3. The Morgan fingerprint density at radius 2 is 2.00 bits per heavy atom. The lowest BCUT2D eigenvalue weighted by atomic mass is 10.1. The molecule has 0 atom stereocenters. The number of fused-ring (bicyclic) bond motifs is 1. The van der Waals surface area contributed by atoms with E-state index in [1.807, 2.05) is 17.9 Å². The van der Waals surface area contributed by atoms with Crippen LogP contribution in [0.2, 0.25) is 0 Å². The smallest absolute Gasteiger partial charge is 0.244 e. The Balaban J connectivity index is 0.00000243. The lowest BCUT2D eigenvalue weighted by Gasteiger charge is -2.15. The van der Waals surface area contributed by atoms with Crippen molar-refractivity contribution in [1.82, 2.24) is 20.5 Å². The van der Waals surface area contributed by atoms with Crippen LogP contribution < -0.4 is 10.6 Å². The molecular formula is C19H28IN5O. The van der Waals surface area contributed by atoms with Crippen molar-refractivity contribution in [2.75, 3.05) is 32.7 Å². The highest BCUT2D eigenvalue weighted by molar-refractivity contribution is 14.0. The standard InChI is InChI=1S/C19H27N5O.HI/c1-2-20-19(23-14-18(25)24-11-5-6-12-24)21-10-9-15-13-22-17-8-4-3-7-16(15)17;/h3-4,7-8,13,22H,2,5-6,9-12,14H2,1H3,(H2,20,21,23);1H. The van der Waals surface area contributed by atoms with Gasteiger partial charge in [0.05, 0.1) is 0 Å². The van der Waals surface area contributed by atoms with Gasteiger partial charge in [-0.2, -0.15) is 0 Å². The van der Waals surface area contributed by atoms with Gasteiger partial charge in [-0.3, -0.25) is 4.79 Å². The van der Waals surface area contributed by atoms with Crippen molar-refractivity contribution < 1.29 is 4.79 Å². The van der Waals surface area contributed by atoms with Gasteiger partial charge in [-0.1, -0.05) is 18.2 Å². The van der Waals surface area contributed by atoms with E-state index < -0.39 is 0 Å². The zero-order valence-electron chi connectivity index (χ0n) is 15.3. The molecule has 1 aromatic carbocycles. The summed E-state index contributed by atoms with van der Waals surface area (Å²) in [7, 11) is 0. The van der Waals surface area contributed by atoms with E-state index in [9.17, 15) is 4.79 Å². The van der Waals surface area contributed by atoms with Gasteiger partial charge in [-0.15, -0.1) is 24.0 Å². The minimum absolute atomic E-state index is 0. The van der Waals surface area contributed by atoms with Crippen LogP contribution in [-0.4, -0.2) is 54.5 Å². The third-order valence-corrected chi connectivity index (χ3v) is 4.54. The average molecular weight is 469 g/mol. The predicted molar refractivity (Wildman–Crippen MR) is 117 cm³/mol. The number of benzene rings is 1. The minimum atomic E-state index is 0. The maximum atomic E-state index is 12.1. The SMILES string of the molecule is CCNC(=NCC(=O)N1CCCC1)NCCc1c[nH]c2ccccc12.I. The Hall–Kier alpha value is -1.77. The van der Waals surface area contributed by atoms with Crippen LogP contribution in [0.3, 0.4) is 0 Å². The fourth-order valence-electron chi connectivity index (χ4n) is 3.21. The monoisotopic (exact) mass is 469 g/mol. The van der Waals surface area contributed by atoms with E-state index >= 15 is 0 Å². The van der Waals surface area contributed by atoms with E-state index in [2.05, 4.69) is 45.0 Å². The van der Waals surface area contributed by atoms with Gasteiger partial charge in [-0.25, -0.2) is 4.99 Å². The molecule has 2 aromatic rings. The highest BCUT2D eigenvalue weighted by atomic mass is 127. The Morgan fingerprint density at radius 3 is 2.77 bits per heavy atom. The van der Waals surface area contributed by atoms with Crippen molar-refractivity contribution in [3.05, 3.63) is 36.0 Å². The van der Waals surface area contributed by atoms with Crippen molar-refractivity contribution in [2.45, 2.75) is 26.2 Å². The number of rotatable bonds is 6. The molecule has 0 radical (unpaired) electrons. The summed E-state index contributed by atoms with van der Waals surface area (Å²) in [6.07, 6.45) is 5.18. The second-order valence-corrected chi connectivity index (χ2v) is 6.32. The molecule has 1 aliphatic heterocycles. The Kier molecular flexibility index (Phi) is 8.21. The summed E-state index contributed by atoms with van der Waals surface area (Å²) < 4.78 is 0. The quantitative estimate of drug-likeness (QED) is 0.346. The number of guanidine groups is 1. The highest BCUT2D eigenvalue weighted by Gasteiger charge is 2.17. The number of likely N-dealkylation sites (tertiary alicyclic amines) is 1. The first kappa shape index (κ1) is 20.5. The van der Waals surface area contributed by atoms with Crippen LogP contribution in [0.4, 0.5) is 0 Å². The largest absolute Gasteiger partial charge is 0.361 e. The number of hydrogen-bond acceptors (Lipinski definition) is 2. The molecule has 1 fully saturated rings. The van der Waals surface area contributed by atoms with Gasteiger partial charge in [0.15, 0.2) is 5.96 Å². The molecule has 6 nitrogen and oxygen atoms in total. The lowest BCUT2D eigenvalue weighted by Crippen LogP contribution is -2.39. The number of para-hydroxylation sites is 1. The summed E-state index contributed by atoms with van der Waals surface area (Å²) >= 11 is 0. The molecule has 1 saturated heterocycles. The molecular weight excluding hydrogens is 441 g/mol. The van der Waals surface area contributed by atoms with Crippen LogP contribution in [-0.2, 0) is 11.2 Å². The zero-order valence-corrected chi connectivity index (χ0v) is 17.6. The summed E-state index contributed by atoms with van der Waals surface area (Å²) in [5.74, 6) is 0.821. The van der Waals surface area contributed by atoms with Crippen LogP contribution >= 0.6 is 24.0 Å². The summed E-state index contributed by atoms with van der Waals surface area (Å²) in [5.41, 5.74) is 2.45.